The number of rotatable bonds is 2. The van der Waals surface area contributed by atoms with Gasteiger partial charge in [-0.2, -0.15) is 8.42 Å². The maximum absolute atomic E-state index is 11.4. The van der Waals surface area contributed by atoms with E-state index in [1.54, 1.807) is 18.2 Å². The van der Waals surface area contributed by atoms with Crippen LogP contribution < -0.4 is 9.44 Å². The van der Waals surface area contributed by atoms with Crippen LogP contribution in [0.5, 0.6) is 0 Å². The van der Waals surface area contributed by atoms with Gasteiger partial charge in [0.2, 0.25) is 0 Å². The molecule has 0 saturated heterocycles. The summed E-state index contributed by atoms with van der Waals surface area (Å²) >= 11 is 0. The van der Waals surface area contributed by atoms with Gasteiger partial charge in [-0.05, 0) is 43.5 Å². The molecule has 0 atom stereocenters. The molecule has 2 N–H and O–H groups in total. The van der Waals surface area contributed by atoms with Crippen molar-refractivity contribution in [2.24, 2.45) is 5.14 Å². The van der Waals surface area contributed by atoms with Gasteiger partial charge in [-0.1, -0.05) is 0 Å². The molecule has 2 rings (SSSR count). The standard InChI is InChI=1S/C11H14N2O3S/c1-8(14)9-4-5-11-10(7-9)3-2-6-13(11)17(12,15)16/h4-5,7H,2-3,6H2,1H3,(H2,12,15,16). The lowest BCUT2D eigenvalue weighted by Gasteiger charge is -2.28. The third-order valence-electron chi connectivity index (χ3n) is 2.87. The molecular weight excluding hydrogens is 240 g/mol. The van der Waals surface area contributed by atoms with Crippen LogP contribution in [0.3, 0.4) is 0 Å². The second kappa shape index (κ2) is 4.12. The molecule has 1 aromatic rings. The largest absolute Gasteiger partial charge is 0.299 e. The van der Waals surface area contributed by atoms with Gasteiger partial charge in [-0.15, -0.1) is 0 Å². The molecule has 6 heteroatoms. The molecule has 0 unspecified atom stereocenters. The Morgan fingerprint density at radius 3 is 2.71 bits per heavy atom. The highest BCUT2D eigenvalue weighted by Crippen LogP contribution is 2.29. The van der Waals surface area contributed by atoms with E-state index < -0.39 is 10.2 Å². The first kappa shape index (κ1) is 12.1. The Labute approximate surface area is 100 Å². The molecule has 0 amide bonds. The Hall–Kier alpha value is -1.40. The molecular formula is C11H14N2O3S. The molecule has 17 heavy (non-hydrogen) atoms. The van der Waals surface area contributed by atoms with Crippen LogP contribution in [0, 0.1) is 0 Å². The van der Waals surface area contributed by atoms with Crippen molar-refractivity contribution in [2.75, 3.05) is 10.8 Å². The Kier molecular flexibility index (Phi) is 2.92. The highest BCUT2D eigenvalue weighted by atomic mass is 32.2. The van der Waals surface area contributed by atoms with Crippen molar-refractivity contribution in [3.63, 3.8) is 0 Å². The van der Waals surface area contributed by atoms with Crippen LogP contribution in [0.2, 0.25) is 0 Å². The molecule has 0 radical (unpaired) electrons. The van der Waals surface area contributed by atoms with Crippen LogP contribution in [0.25, 0.3) is 0 Å². The number of fused-ring (bicyclic) bond motifs is 1. The molecule has 0 aromatic heterocycles. The molecule has 1 heterocycles. The van der Waals surface area contributed by atoms with E-state index in [0.717, 1.165) is 12.0 Å². The number of benzene rings is 1. The second-order valence-corrected chi connectivity index (χ2v) is 5.59. The molecule has 1 aliphatic rings. The number of carbonyl (C=O) groups is 1. The molecule has 5 nitrogen and oxygen atoms in total. The first-order chi connectivity index (χ1) is 7.89. The minimum Gasteiger partial charge on any atom is -0.295 e. The molecule has 0 spiro atoms. The highest BCUT2D eigenvalue weighted by molar-refractivity contribution is 7.90. The zero-order valence-corrected chi connectivity index (χ0v) is 10.3. The molecule has 1 aromatic carbocycles. The Bertz CT molecular complexity index is 566. The zero-order valence-electron chi connectivity index (χ0n) is 9.51. The summed E-state index contributed by atoms with van der Waals surface area (Å²) < 4.78 is 24.0. The summed E-state index contributed by atoms with van der Waals surface area (Å²) in [5.41, 5.74) is 2.04. The first-order valence-corrected chi connectivity index (χ1v) is 6.84. The summed E-state index contributed by atoms with van der Waals surface area (Å²) in [5, 5.41) is 5.15. The quantitative estimate of drug-likeness (QED) is 0.794. The lowest BCUT2D eigenvalue weighted by atomic mass is 9.99. The Balaban J connectivity index is 2.51. The van der Waals surface area contributed by atoms with Gasteiger partial charge in [0.05, 0.1) is 5.69 Å². The van der Waals surface area contributed by atoms with Crippen LogP contribution in [0.4, 0.5) is 5.69 Å². The van der Waals surface area contributed by atoms with Crippen molar-refractivity contribution in [1.82, 2.24) is 0 Å². The van der Waals surface area contributed by atoms with Gasteiger partial charge < -0.3 is 0 Å². The number of ketones is 1. The predicted octanol–water partition coefficient (Wildman–Crippen LogP) is 0.845. The number of Topliss-reactive ketones (excluding diaryl/α,β-unsaturated/α-hetero) is 1. The monoisotopic (exact) mass is 254 g/mol. The van der Waals surface area contributed by atoms with Gasteiger partial charge in [0, 0.05) is 12.1 Å². The van der Waals surface area contributed by atoms with Crippen LogP contribution in [0.15, 0.2) is 18.2 Å². The fourth-order valence-corrected chi connectivity index (χ4v) is 2.88. The fourth-order valence-electron chi connectivity index (χ4n) is 2.05. The summed E-state index contributed by atoms with van der Waals surface area (Å²) in [6, 6.07) is 5.02. The SMILES string of the molecule is CC(=O)c1ccc2c(c1)CCCN2S(N)(=O)=O. The van der Waals surface area contributed by atoms with Crippen molar-refractivity contribution >= 4 is 21.7 Å². The number of nitrogens with zero attached hydrogens (tertiary/aromatic N) is 1. The molecule has 0 fully saturated rings. The smallest absolute Gasteiger partial charge is 0.295 e. The van der Waals surface area contributed by atoms with Crippen molar-refractivity contribution in [2.45, 2.75) is 19.8 Å². The van der Waals surface area contributed by atoms with Gasteiger partial charge in [-0.25, -0.2) is 5.14 Å². The number of hydrogen-bond acceptors (Lipinski definition) is 3. The second-order valence-electron chi connectivity index (χ2n) is 4.12. The summed E-state index contributed by atoms with van der Waals surface area (Å²) in [6.07, 6.45) is 1.48. The van der Waals surface area contributed by atoms with E-state index in [4.69, 9.17) is 5.14 Å². The van der Waals surface area contributed by atoms with E-state index in [-0.39, 0.29) is 5.78 Å². The molecule has 0 aliphatic carbocycles. The number of anilines is 1. The Morgan fingerprint density at radius 1 is 1.41 bits per heavy atom. The van der Waals surface area contributed by atoms with Gasteiger partial charge >= 0.3 is 0 Å². The van der Waals surface area contributed by atoms with Crippen LogP contribution >= 0.6 is 0 Å². The Morgan fingerprint density at radius 2 is 2.12 bits per heavy atom. The van der Waals surface area contributed by atoms with E-state index in [1.807, 2.05) is 0 Å². The van der Waals surface area contributed by atoms with E-state index in [2.05, 4.69) is 0 Å². The normalized spacial score (nSPS) is 15.5. The van der Waals surface area contributed by atoms with Crippen LogP contribution in [-0.4, -0.2) is 20.7 Å². The number of hydrogen-bond donors (Lipinski definition) is 1. The summed E-state index contributed by atoms with van der Waals surface area (Å²) in [5.74, 6) is -0.0273. The first-order valence-electron chi connectivity index (χ1n) is 5.34. The summed E-state index contributed by atoms with van der Waals surface area (Å²) in [6.45, 7) is 1.88. The lowest BCUT2D eigenvalue weighted by molar-refractivity contribution is 0.101. The van der Waals surface area contributed by atoms with E-state index in [9.17, 15) is 13.2 Å². The van der Waals surface area contributed by atoms with Gasteiger partial charge in [0.15, 0.2) is 5.78 Å². The molecule has 1 aliphatic heterocycles. The molecule has 0 saturated carbocycles. The van der Waals surface area contributed by atoms with Crippen molar-refractivity contribution in [3.05, 3.63) is 29.3 Å². The zero-order chi connectivity index (χ0) is 12.6. The topological polar surface area (TPSA) is 80.5 Å². The van der Waals surface area contributed by atoms with E-state index >= 15 is 0 Å². The van der Waals surface area contributed by atoms with Crippen molar-refractivity contribution < 1.29 is 13.2 Å². The third-order valence-corrected chi connectivity index (χ3v) is 3.86. The van der Waals surface area contributed by atoms with Crippen molar-refractivity contribution in [1.29, 1.82) is 0 Å². The van der Waals surface area contributed by atoms with Gasteiger partial charge in [0.1, 0.15) is 0 Å². The minimum atomic E-state index is -3.72. The lowest BCUT2D eigenvalue weighted by Crippen LogP contribution is -2.40. The average Bonchev–Trinajstić information content (AvgIpc) is 2.26. The number of nitrogens with two attached hydrogens (primary N) is 1. The van der Waals surface area contributed by atoms with Crippen LogP contribution in [0.1, 0.15) is 29.3 Å². The molecule has 92 valence electrons. The van der Waals surface area contributed by atoms with E-state index in [0.29, 0.717) is 24.2 Å². The average molecular weight is 254 g/mol. The maximum atomic E-state index is 11.4. The predicted molar refractivity (Wildman–Crippen MR) is 65.2 cm³/mol. The van der Waals surface area contributed by atoms with Gasteiger partial charge in [0.25, 0.3) is 10.2 Å². The molecule has 0 bridgehead atoms. The number of aryl methyl sites for hydroxylation is 1. The van der Waals surface area contributed by atoms with Crippen LogP contribution in [-0.2, 0) is 16.6 Å². The maximum Gasteiger partial charge on any atom is 0.299 e. The number of carbonyl (C=O) groups excluding carboxylic acids is 1. The summed E-state index contributed by atoms with van der Waals surface area (Å²) in [4.78, 5) is 11.3. The van der Waals surface area contributed by atoms with E-state index in [1.165, 1.54) is 11.2 Å². The van der Waals surface area contributed by atoms with Gasteiger partial charge in [-0.3, -0.25) is 9.10 Å². The highest BCUT2D eigenvalue weighted by Gasteiger charge is 2.24. The summed E-state index contributed by atoms with van der Waals surface area (Å²) in [7, 11) is -3.72. The third kappa shape index (κ3) is 2.32. The van der Waals surface area contributed by atoms with Crippen molar-refractivity contribution in [3.8, 4) is 0 Å². The minimum absolute atomic E-state index is 0.0273. The fraction of sp³-hybridized carbons (Fsp3) is 0.364.